The molecule has 1 spiro atoms. The van der Waals surface area contributed by atoms with Crippen molar-refractivity contribution < 1.29 is 14.4 Å². The SMILES string of the molecule is COc1ccc(NC(=O)C2=NO[C@@]3(CCCNC3)C2)cc1. The Balaban J connectivity index is 1.60. The van der Waals surface area contributed by atoms with E-state index in [4.69, 9.17) is 9.57 Å². The van der Waals surface area contributed by atoms with Crippen LogP contribution in [0, 0.1) is 0 Å². The van der Waals surface area contributed by atoms with E-state index in [0.717, 1.165) is 31.7 Å². The van der Waals surface area contributed by atoms with E-state index in [2.05, 4.69) is 15.8 Å². The van der Waals surface area contributed by atoms with E-state index in [1.807, 2.05) is 0 Å². The maximum Gasteiger partial charge on any atom is 0.273 e. The van der Waals surface area contributed by atoms with E-state index in [-0.39, 0.29) is 11.5 Å². The van der Waals surface area contributed by atoms with Crippen LogP contribution < -0.4 is 15.4 Å². The van der Waals surface area contributed by atoms with Crippen molar-refractivity contribution in [1.82, 2.24) is 5.32 Å². The van der Waals surface area contributed by atoms with Crippen LogP contribution in [0.1, 0.15) is 19.3 Å². The highest BCUT2D eigenvalue weighted by Gasteiger charge is 2.42. The molecular weight excluding hydrogens is 270 g/mol. The highest BCUT2D eigenvalue weighted by molar-refractivity contribution is 6.43. The summed E-state index contributed by atoms with van der Waals surface area (Å²) < 4.78 is 5.09. The summed E-state index contributed by atoms with van der Waals surface area (Å²) >= 11 is 0. The van der Waals surface area contributed by atoms with Crippen LogP contribution >= 0.6 is 0 Å². The third kappa shape index (κ3) is 3.00. The molecule has 112 valence electrons. The summed E-state index contributed by atoms with van der Waals surface area (Å²) in [5.74, 6) is 0.546. The summed E-state index contributed by atoms with van der Waals surface area (Å²) in [6.07, 6.45) is 2.54. The van der Waals surface area contributed by atoms with E-state index in [9.17, 15) is 4.79 Å². The number of hydrogen-bond acceptors (Lipinski definition) is 5. The standard InChI is InChI=1S/C15H19N3O3/c1-20-12-5-3-11(4-6-12)17-14(19)13-9-15(21-18-13)7-2-8-16-10-15/h3-6,16H,2,7-10H2,1H3,(H,17,19)/t15-/m0/s1. The molecule has 1 fully saturated rings. The molecule has 2 heterocycles. The lowest BCUT2D eigenvalue weighted by molar-refractivity contribution is -0.110. The number of benzene rings is 1. The van der Waals surface area contributed by atoms with Crippen molar-refractivity contribution in [2.45, 2.75) is 24.9 Å². The molecule has 2 aliphatic heterocycles. The molecule has 1 atom stereocenters. The van der Waals surface area contributed by atoms with Crippen molar-refractivity contribution in [2.24, 2.45) is 5.16 Å². The second-order valence-corrected chi connectivity index (χ2v) is 5.45. The van der Waals surface area contributed by atoms with Crippen molar-refractivity contribution >= 4 is 17.3 Å². The lowest BCUT2D eigenvalue weighted by Gasteiger charge is -2.30. The van der Waals surface area contributed by atoms with Crippen LogP contribution in [0.2, 0.25) is 0 Å². The number of ether oxygens (including phenoxy) is 1. The first-order valence-corrected chi connectivity index (χ1v) is 7.12. The average Bonchev–Trinajstić information content (AvgIpc) is 2.92. The number of nitrogens with one attached hydrogen (secondary N) is 2. The van der Waals surface area contributed by atoms with E-state index in [1.54, 1.807) is 31.4 Å². The quantitative estimate of drug-likeness (QED) is 0.885. The molecular formula is C15H19N3O3. The van der Waals surface area contributed by atoms with Gasteiger partial charge < -0.3 is 20.2 Å². The Morgan fingerprint density at radius 2 is 2.24 bits per heavy atom. The van der Waals surface area contributed by atoms with E-state index >= 15 is 0 Å². The predicted molar refractivity (Wildman–Crippen MR) is 79.6 cm³/mol. The predicted octanol–water partition coefficient (Wildman–Crippen LogP) is 1.53. The van der Waals surface area contributed by atoms with E-state index < -0.39 is 0 Å². The van der Waals surface area contributed by atoms with Crippen LogP contribution in [0.25, 0.3) is 0 Å². The first-order chi connectivity index (χ1) is 10.2. The lowest BCUT2D eigenvalue weighted by atomic mass is 9.89. The Kier molecular flexibility index (Phi) is 3.79. The van der Waals surface area contributed by atoms with Gasteiger partial charge in [0.05, 0.1) is 7.11 Å². The molecule has 1 amide bonds. The number of oxime groups is 1. The maximum atomic E-state index is 12.2. The van der Waals surface area contributed by atoms with Gasteiger partial charge in [-0.2, -0.15) is 0 Å². The molecule has 0 bridgehead atoms. The summed E-state index contributed by atoms with van der Waals surface area (Å²) in [7, 11) is 1.61. The molecule has 6 nitrogen and oxygen atoms in total. The van der Waals surface area contributed by atoms with Gasteiger partial charge in [0.25, 0.3) is 5.91 Å². The molecule has 0 unspecified atom stereocenters. The molecule has 1 aromatic rings. The molecule has 6 heteroatoms. The second-order valence-electron chi connectivity index (χ2n) is 5.45. The van der Waals surface area contributed by atoms with Crippen LogP contribution in [0.4, 0.5) is 5.69 Å². The molecule has 0 radical (unpaired) electrons. The molecule has 0 saturated carbocycles. The minimum absolute atomic E-state index is 0.206. The Labute approximate surface area is 123 Å². The number of carbonyl (C=O) groups excluding carboxylic acids is 1. The van der Waals surface area contributed by atoms with E-state index in [1.165, 1.54) is 0 Å². The molecule has 0 aliphatic carbocycles. The normalized spacial score (nSPS) is 24.3. The first kappa shape index (κ1) is 13.9. The maximum absolute atomic E-state index is 12.2. The molecule has 1 saturated heterocycles. The number of hydrogen-bond donors (Lipinski definition) is 2. The summed E-state index contributed by atoms with van der Waals surface area (Å²) in [6, 6.07) is 7.19. The zero-order chi connectivity index (χ0) is 14.7. The minimum atomic E-state index is -0.329. The molecule has 3 rings (SSSR count). The third-order valence-corrected chi connectivity index (χ3v) is 3.88. The van der Waals surface area contributed by atoms with Crippen molar-refractivity contribution in [3.8, 4) is 5.75 Å². The topological polar surface area (TPSA) is 72.0 Å². The van der Waals surface area contributed by atoms with Gasteiger partial charge in [0.15, 0.2) is 5.60 Å². The van der Waals surface area contributed by atoms with Crippen molar-refractivity contribution in [1.29, 1.82) is 0 Å². The smallest absolute Gasteiger partial charge is 0.273 e. The summed E-state index contributed by atoms with van der Waals surface area (Å²) in [6.45, 7) is 1.74. The highest BCUT2D eigenvalue weighted by Crippen LogP contribution is 2.30. The monoisotopic (exact) mass is 289 g/mol. The fraction of sp³-hybridized carbons (Fsp3) is 0.467. The van der Waals surface area contributed by atoms with Gasteiger partial charge in [-0.3, -0.25) is 4.79 Å². The zero-order valence-corrected chi connectivity index (χ0v) is 12.0. The van der Waals surface area contributed by atoms with Crippen molar-refractivity contribution in [3.05, 3.63) is 24.3 Å². The van der Waals surface area contributed by atoms with Crippen LogP contribution in [0.5, 0.6) is 5.75 Å². The van der Waals surface area contributed by atoms with Gasteiger partial charge in [0, 0.05) is 18.7 Å². The molecule has 21 heavy (non-hydrogen) atoms. The van der Waals surface area contributed by atoms with Crippen LogP contribution in [-0.4, -0.2) is 37.4 Å². The summed E-state index contributed by atoms with van der Waals surface area (Å²) in [4.78, 5) is 17.8. The van der Waals surface area contributed by atoms with Gasteiger partial charge in [-0.05, 0) is 43.7 Å². The van der Waals surface area contributed by atoms with Gasteiger partial charge in [0.1, 0.15) is 11.5 Å². The molecule has 1 aromatic carbocycles. The highest BCUT2D eigenvalue weighted by atomic mass is 16.7. The average molecular weight is 289 g/mol. The zero-order valence-electron chi connectivity index (χ0n) is 12.0. The third-order valence-electron chi connectivity index (χ3n) is 3.88. The fourth-order valence-electron chi connectivity index (χ4n) is 2.69. The largest absolute Gasteiger partial charge is 0.497 e. The number of carbonyl (C=O) groups is 1. The van der Waals surface area contributed by atoms with Gasteiger partial charge in [0.2, 0.25) is 0 Å². The van der Waals surface area contributed by atoms with E-state index in [0.29, 0.717) is 17.8 Å². The number of piperidine rings is 1. The van der Waals surface area contributed by atoms with Gasteiger partial charge >= 0.3 is 0 Å². The number of rotatable bonds is 3. The lowest BCUT2D eigenvalue weighted by Crippen LogP contribution is -2.46. The number of nitrogens with zero attached hydrogens (tertiary/aromatic N) is 1. The fourth-order valence-corrected chi connectivity index (χ4v) is 2.69. The van der Waals surface area contributed by atoms with Gasteiger partial charge in [-0.25, -0.2) is 0 Å². The Morgan fingerprint density at radius 3 is 2.90 bits per heavy atom. The van der Waals surface area contributed by atoms with Gasteiger partial charge in [-0.15, -0.1) is 0 Å². The Bertz CT molecular complexity index is 548. The summed E-state index contributed by atoms with van der Waals surface area (Å²) in [5, 5.41) is 10.1. The number of anilines is 1. The van der Waals surface area contributed by atoms with Gasteiger partial charge in [-0.1, -0.05) is 5.16 Å². The van der Waals surface area contributed by atoms with Crippen LogP contribution in [0.3, 0.4) is 0 Å². The van der Waals surface area contributed by atoms with Crippen LogP contribution in [0.15, 0.2) is 29.4 Å². The molecule has 2 N–H and O–H groups in total. The second kappa shape index (κ2) is 5.73. The van der Waals surface area contributed by atoms with Crippen molar-refractivity contribution in [2.75, 3.05) is 25.5 Å². The first-order valence-electron chi connectivity index (χ1n) is 7.12. The Morgan fingerprint density at radius 1 is 1.43 bits per heavy atom. The Hall–Kier alpha value is -2.08. The minimum Gasteiger partial charge on any atom is -0.497 e. The summed E-state index contributed by atoms with van der Waals surface area (Å²) in [5.41, 5.74) is 0.839. The van der Waals surface area contributed by atoms with Crippen molar-refractivity contribution in [3.63, 3.8) is 0 Å². The number of methoxy groups -OCH3 is 1. The number of amides is 1. The molecule has 0 aromatic heterocycles. The molecule has 2 aliphatic rings. The van der Waals surface area contributed by atoms with Crippen LogP contribution in [-0.2, 0) is 9.63 Å².